The van der Waals surface area contributed by atoms with Crippen LogP contribution in [0.3, 0.4) is 0 Å². The van der Waals surface area contributed by atoms with Crippen LogP contribution >= 0.6 is 45.3 Å². The van der Waals surface area contributed by atoms with Gasteiger partial charge in [-0.3, -0.25) is 9.59 Å². The summed E-state index contributed by atoms with van der Waals surface area (Å²) >= 11 is 6.69. The fourth-order valence-electron chi connectivity index (χ4n) is 7.27. The predicted molar refractivity (Wildman–Crippen MR) is 188 cm³/mol. The number of hydrogen-bond acceptors (Lipinski definition) is 10. The molecule has 238 valence electrons. The van der Waals surface area contributed by atoms with Crippen LogP contribution in [-0.2, 0) is 15.2 Å². The average molecular weight is 699 g/mol. The maximum Gasteiger partial charge on any atom is 0.306 e. The highest BCUT2D eigenvalue weighted by molar-refractivity contribution is 7.34. The second kappa shape index (κ2) is 11.1. The number of thiophene rings is 2. The van der Waals surface area contributed by atoms with Gasteiger partial charge in [-0.05, 0) is 61.5 Å². The fourth-order valence-corrected chi connectivity index (χ4v) is 12.3. The van der Waals surface area contributed by atoms with Crippen LogP contribution in [0.15, 0.2) is 22.3 Å². The van der Waals surface area contributed by atoms with Crippen molar-refractivity contribution in [3.63, 3.8) is 0 Å². The molecular weight excluding hydrogens is 669 g/mol. The Labute approximate surface area is 287 Å². The van der Waals surface area contributed by atoms with E-state index < -0.39 is 11.6 Å². The number of piperidine rings is 1. The molecule has 0 N–H and O–H groups in total. The first-order valence-electron chi connectivity index (χ1n) is 15.6. The second-order valence-electron chi connectivity index (χ2n) is 12.8. The van der Waals surface area contributed by atoms with E-state index in [0.29, 0.717) is 13.1 Å². The molecule has 1 aliphatic carbocycles. The van der Waals surface area contributed by atoms with Crippen molar-refractivity contribution >= 4 is 88.4 Å². The van der Waals surface area contributed by atoms with E-state index >= 15 is 0 Å². The van der Waals surface area contributed by atoms with E-state index in [4.69, 9.17) is 21.3 Å². The molecule has 1 saturated heterocycles. The van der Waals surface area contributed by atoms with Gasteiger partial charge in [0.2, 0.25) is 0 Å². The molecule has 9 nitrogen and oxygen atoms in total. The van der Waals surface area contributed by atoms with Gasteiger partial charge >= 0.3 is 11.9 Å². The third kappa shape index (κ3) is 4.62. The van der Waals surface area contributed by atoms with Crippen molar-refractivity contribution in [2.75, 3.05) is 27.2 Å². The zero-order chi connectivity index (χ0) is 32.8. The molecule has 47 heavy (non-hydrogen) atoms. The Hall–Kier alpha value is -3.88. The molecule has 2 unspecified atom stereocenters. The SMILES string of the molecule is [C-]#[N+]C1C(=O)N(C)C/C(=C/c2nc3sc4c(c3s2)OC2(CCCCC2)c2c-4sc3nc(/C=C4/CN(C)C(=O)C(C#N)=C4C)sc23)C1C. The smallest absolute Gasteiger partial charge is 0.306 e. The van der Waals surface area contributed by atoms with Gasteiger partial charge in [0.05, 0.1) is 20.4 Å². The number of nitriles is 1. The average Bonchev–Trinajstić information content (AvgIpc) is 3.80. The lowest BCUT2D eigenvalue weighted by Crippen LogP contribution is -2.45. The molecule has 4 aromatic rings. The maximum atomic E-state index is 12.5. The number of likely N-dealkylation sites (tertiary alicyclic amines) is 1. The van der Waals surface area contributed by atoms with Crippen molar-refractivity contribution < 1.29 is 14.3 Å². The zero-order valence-corrected chi connectivity index (χ0v) is 29.6. The number of amides is 2. The number of aromatic nitrogens is 2. The van der Waals surface area contributed by atoms with E-state index in [1.165, 1.54) is 21.6 Å². The summed E-state index contributed by atoms with van der Waals surface area (Å²) in [6.45, 7) is 12.3. The third-order valence-corrected chi connectivity index (χ3v) is 14.5. The van der Waals surface area contributed by atoms with Crippen LogP contribution in [0.1, 0.15) is 61.5 Å². The summed E-state index contributed by atoms with van der Waals surface area (Å²) in [5.41, 5.74) is 3.74. The Balaban J connectivity index is 1.21. The number of hydrogen-bond donors (Lipinski definition) is 0. The minimum atomic E-state index is -0.691. The molecule has 4 aliphatic rings. The Morgan fingerprint density at radius 3 is 2.38 bits per heavy atom. The van der Waals surface area contributed by atoms with Gasteiger partial charge in [0, 0.05) is 32.7 Å². The Morgan fingerprint density at radius 2 is 1.66 bits per heavy atom. The standard InChI is InChI=1S/C34H30N6O3S4/c1-16-18(14-39(4)32(41)20(16)13-35)11-21-37-30-27(44-21)23-26(46-30)28-25(43-34(23)9-7-6-8-10-34)29-31(47-28)38-22(45-29)12-19-15-40(5)33(42)24(36-3)17(19)2/h11-12,17,24H,6-10,14-15H2,1-2,4-5H3/b18-11-,19-12-. The number of rotatable bonds is 2. The lowest BCUT2D eigenvalue weighted by molar-refractivity contribution is -0.132. The molecule has 0 radical (unpaired) electrons. The van der Waals surface area contributed by atoms with E-state index in [1.807, 2.05) is 19.9 Å². The monoisotopic (exact) mass is 698 g/mol. The number of nitrogens with zero attached hydrogens (tertiary/aromatic N) is 6. The first-order chi connectivity index (χ1) is 22.6. The van der Waals surface area contributed by atoms with Crippen molar-refractivity contribution in [2.24, 2.45) is 5.92 Å². The summed E-state index contributed by atoms with van der Waals surface area (Å²) < 4.78 is 9.40. The topological polar surface area (TPSA) is 104 Å². The molecule has 8 rings (SSSR count). The van der Waals surface area contributed by atoms with E-state index in [9.17, 15) is 14.9 Å². The highest BCUT2D eigenvalue weighted by atomic mass is 32.1. The van der Waals surface area contributed by atoms with Crippen molar-refractivity contribution in [2.45, 2.75) is 57.6 Å². The molecular formula is C34H30N6O3S4. The summed E-state index contributed by atoms with van der Waals surface area (Å²) in [5, 5.41) is 11.4. The second-order valence-corrected chi connectivity index (χ2v) is 16.9. The molecule has 1 saturated carbocycles. The first kappa shape index (κ1) is 30.5. The largest absolute Gasteiger partial charge is 0.479 e. The fraction of sp³-hybridized carbons (Fsp3) is 0.412. The van der Waals surface area contributed by atoms with Gasteiger partial charge in [0.1, 0.15) is 41.6 Å². The summed E-state index contributed by atoms with van der Waals surface area (Å²) in [6.07, 6.45) is 9.39. The molecule has 2 amide bonds. The highest BCUT2D eigenvalue weighted by Gasteiger charge is 2.47. The molecule has 1 spiro atoms. The minimum Gasteiger partial charge on any atom is -0.479 e. The van der Waals surface area contributed by atoms with E-state index in [0.717, 1.165) is 77.4 Å². The van der Waals surface area contributed by atoms with Gasteiger partial charge in [-0.15, -0.1) is 45.3 Å². The number of carbonyl (C=O) groups excluding carboxylic acids is 2. The first-order valence-corrected chi connectivity index (χ1v) is 18.8. The predicted octanol–water partition coefficient (Wildman–Crippen LogP) is 7.72. The van der Waals surface area contributed by atoms with Crippen LogP contribution in [0.4, 0.5) is 0 Å². The van der Waals surface area contributed by atoms with E-state index in [-0.39, 0.29) is 23.3 Å². The number of likely N-dealkylation sites (N-methyl/N-ethyl adjacent to an activating group) is 2. The van der Waals surface area contributed by atoms with Gasteiger partial charge in [0.25, 0.3) is 5.91 Å². The third-order valence-electron chi connectivity index (χ3n) is 9.90. The van der Waals surface area contributed by atoms with Gasteiger partial charge in [0.15, 0.2) is 5.75 Å². The van der Waals surface area contributed by atoms with Crippen molar-refractivity contribution in [3.05, 3.63) is 49.3 Å². The van der Waals surface area contributed by atoms with Crippen LogP contribution < -0.4 is 4.74 Å². The Bertz CT molecular complexity index is 2210. The van der Waals surface area contributed by atoms with Gasteiger partial charge < -0.3 is 19.4 Å². The number of thiazole rings is 2. The van der Waals surface area contributed by atoms with Gasteiger partial charge in [-0.1, -0.05) is 13.3 Å². The maximum absolute atomic E-state index is 12.5. The number of carbonyl (C=O) groups is 2. The minimum absolute atomic E-state index is 0.117. The van der Waals surface area contributed by atoms with Crippen molar-refractivity contribution in [3.8, 4) is 21.6 Å². The molecule has 2 fully saturated rings. The Kier molecular flexibility index (Phi) is 7.19. The lowest BCUT2D eigenvalue weighted by Gasteiger charge is -2.40. The molecule has 4 aromatic heterocycles. The molecule has 3 aliphatic heterocycles. The van der Waals surface area contributed by atoms with Crippen LogP contribution in [0, 0.1) is 23.8 Å². The van der Waals surface area contributed by atoms with Gasteiger partial charge in [-0.2, -0.15) is 5.26 Å². The van der Waals surface area contributed by atoms with Crippen LogP contribution in [-0.4, -0.2) is 64.8 Å². The van der Waals surface area contributed by atoms with Crippen LogP contribution in [0.5, 0.6) is 5.75 Å². The van der Waals surface area contributed by atoms with E-state index in [2.05, 4.69) is 17.0 Å². The summed E-state index contributed by atoms with van der Waals surface area (Å²) in [4.78, 5) is 46.2. The quantitative estimate of drug-likeness (QED) is 0.199. The number of ether oxygens (including phenoxy) is 1. The molecule has 13 heteroatoms. The molecule has 0 bridgehead atoms. The summed E-state index contributed by atoms with van der Waals surface area (Å²) in [7, 11) is 3.48. The molecule has 0 aromatic carbocycles. The Morgan fingerprint density at radius 1 is 0.979 bits per heavy atom. The molecule has 2 atom stereocenters. The summed E-state index contributed by atoms with van der Waals surface area (Å²) in [6, 6.07) is 1.40. The van der Waals surface area contributed by atoms with Crippen molar-refractivity contribution in [1.29, 1.82) is 5.26 Å². The molecule has 7 heterocycles. The van der Waals surface area contributed by atoms with Crippen LogP contribution in [0.25, 0.3) is 45.8 Å². The number of fused-ring (bicyclic) bond motifs is 8. The van der Waals surface area contributed by atoms with Crippen molar-refractivity contribution in [1.82, 2.24) is 19.8 Å². The van der Waals surface area contributed by atoms with Crippen LogP contribution in [0.2, 0.25) is 0 Å². The zero-order valence-electron chi connectivity index (χ0n) is 26.3. The van der Waals surface area contributed by atoms with Gasteiger partial charge in [-0.25, -0.2) is 16.5 Å². The summed E-state index contributed by atoms with van der Waals surface area (Å²) in [5.74, 6) is 0.422. The van der Waals surface area contributed by atoms with E-state index in [1.54, 1.807) is 69.2 Å². The highest BCUT2D eigenvalue weighted by Crippen LogP contribution is 2.62. The lowest BCUT2D eigenvalue weighted by atomic mass is 9.78. The normalized spacial score (nSPS) is 24.3.